The van der Waals surface area contributed by atoms with E-state index in [1.54, 1.807) is 0 Å². The van der Waals surface area contributed by atoms with Gasteiger partial charge in [-0.1, -0.05) is 20.8 Å². The predicted molar refractivity (Wildman–Crippen MR) is 62.6 cm³/mol. The fraction of sp³-hybridized carbons (Fsp3) is 1.00. The second kappa shape index (κ2) is 5.13. The monoisotopic (exact) mass is 198 g/mol. The summed E-state index contributed by atoms with van der Waals surface area (Å²) in [4.78, 5) is 2.56. The molecule has 0 aliphatic carbocycles. The van der Waals surface area contributed by atoms with Crippen molar-refractivity contribution >= 4 is 0 Å². The zero-order valence-electron chi connectivity index (χ0n) is 10.3. The van der Waals surface area contributed by atoms with Crippen molar-refractivity contribution in [3.63, 3.8) is 0 Å². The minimum atomic E-state index is 0.380. The molecule has 84 valence electrons. The zero-order valence-corrected chi connectivity index (χ0v) is 10.3. The Morgan fingerprint density at radius 2 is 1.79 bits per heavy atom. The van der Waals surface area contributed by atoms with Crippen LogP contribution in [0.1, 0.15) is 40.5 Å². The van der Waals surface area contributed by atoms with E-state index in [-0.39, 0.29) is 0 Å². The van der Waals surface area contributed by atoms with Crippen molar-refractivity contribution in [2.24, 2.45) is 5.41 Å². The second-order valence-corrected chi connectivity index (χ2v) is 5.59. The third-order valence-electron chi connectivity index (χ3n) is 3.38. The highest BCUT2D eigenvalue weighted by molar-refractivity contribution is 4.77. The average molecular weight is 198 g/mol. The lowest BCUT2D eigenvalue weighted by atomic mass is 9.88. The van der Waals surface area contributed by atoms with E-state index in [2.05, 4.69) is 37.9 Å². The summed E-state index contributed by atoms with van der Waals surface area (Å²) in [6.07, 6.45) is 2.80. The molecule has 14 heavy (non-hydrogen) atoms. The standard InChI is InChI=1S/C12H26N2/c1-11(12(2,3)4)13-7-10-14-8-5-6-9-14/h11,13H,5-10H2,1-4H3. The Labute approximate surface area is 89.1 Å². The molecule has 1 aliphatic heterocycles. The molecule has 2 nitrogen and oxygen atoms in total. The fourth-order valence-corrected chi connectivity index (χ4v) is 1.75. The van der Waals surface area contributed by atoms with Crippen LogP contribution in [-0.4, -0.2) is 37.1 Å². The first kappa shape index (κ1) is 12.0. The van der Waals surface area contributed by atoms with E-state index in [1.807, 2.05) is 0 Å². The van der Waals surface area contributed by atoms with E-state index in [0.717, 1.165) is 6.54 Å². The fourth-order valence-electron chi connectivity index (χ4n) is 1.75. The Balaban J connectivity index is 2.08. The SMILES string of the molecule is CC(NCCN1CCCC1)C(C)(C)C. The van der Waals surface area contributed by atoms with Crippen LogP contribution in [0.2, 0.25) is 0 Å². The van der Waals surface area contributed by atoms with Gasteiger partial charge in [-0.15, -0.1) is 0 Å². The highest BCUT2D eigenvalue weighted by Gasteiger charge is 2.19. The number of likely N-dealkylation sites (tertiary alicyclic amines) is 1. The average Bonchev–Trinajstić information content (AvgIpc) is 2.55. The summed E-state index contributed by atoms with van der Waals surface area (Å²) in [5.74, 6) is 0. The predicted octanol–water partition coefficient (Wildman–Crippen LogP) is 2.11. The molecule has 0 radical (unpaired) electrons. The maximum absolute atomic E-state index is 3.61. The number of nitrogens with zero attached hydrogens (tertiary/aromatic N) is 1. The molecule has 0 aromatic rings. The van der Waals surface area contributed by atoms with Crippen molar-refractivity contribution in [3.05, 3.63) is 0 Å². The Hall–Kier alpha value is -0.0800. The van der Waals surface area contributed by atoms with Crippen molar-refractivity contribution < 1.29 is 0 Å². The molecule has 0 bridgehead atoms. The zero-order chi connectivity index (χ0) is 10.6. The Morgan fingerprint density at radius 3 is 2.29 bits per heavy atom. The largest absolute Gasteiger partial charge is 0.312 e. The lowest BCUT2D eigenvalue weighted by molar-refractivity contribution is 0.265. The van der Waals surface area contributed by atoms with Crippen LogP contribution in [0.5, 0.6) is 0 Å². The van der Waals surface area contributed by atoms with Gasteiger partial charge >= 0.3 is 0 Å². The van der Waals surface area contributed by atoms with Crippen molar-refractivity contribution in [3.8, 4) is 0 Å². The van der Waals surface area contributed by atoms with E-state index >= 15 is 0 Å². The lowest BCUT2D eigenvalue weighted by Gasteiger charge is -2.29. The molecule has 1 heterocycles. The number of rotatable bonds is 4. The van der Waals surface area contributed by atoms with Gasteiger partial charge in [-0.2, -0.15) is 0 Å². The first-order valence-corrected chi connectivity index (χ1v) is 5.96. The molecule has 1 N–H and O–H groups in total. The van der Waals surface area contributed by atoms with Gasteiger partial charge in [-0.3, -0.25) is 0 Å². The van der Waals surface area contributed by atoms with Gasteiger partial charge in [-0.25, -0.2) is 0 Å². The quantitative estimate of drug-likeness (QED) is 0.744. The van der Waals surface area contributed by atoms with Crippen LogP contribution >= 0.6 is 0 Å². The molecule has 0 aromatic heterocycles. The topological polar surface area (TPSA) is 15.3 Å². The summed E-state index contributed by atoms with van der Waals surface area (Å²) < 4.78 is 0. The maximum atomic E-state index is 3.61. The summed E-state index contributed by atoms with van der Waals surface area (Å²) in [6.45, 7) is 14.1. The molecule has 1 atom stereocenters. The van der Waals surface area contributed by atoms with Crippen molar-refractivity contribution in [1.29, 1.82) is 0 Å². The molecule has 2 heteroatoms. The summed E-state index contributed by atoms with van der Waals surface area (Å²) in [5, 5.41) is 3.61. The number of hydrogen-bond acceptors (Lipinski definition) is 2. The molecule has 1 rings (SSSR count). The first-order valence-electron chi connectivity index (χ1n) is 5.96. The number of hydrogen-bond donors (Lipinski definition) is 1. The highest BCUT2D eigenvalue weighted by Crippen LogP contribution is 2.18. The Kier molecular flexibility index (Phi) is 4.39. The molecular formula is C12H26N2. The first-order chi connectivity index (χ1) is 6.50. The van der Waals surface area contributed by atoms with Crippen molar-refractivity contribution in [1.82, 2.24) is 10.2 Å². The van der Waals surface area contributed by atoms with E-state index < -0.39 is 0 Å². The smallest absolute Gasteiger partial charge is 0.0107 e. The second-order valence-electron chi connectivity index (χ2n) is 5.59. The van der Waals surface area contributed by atoms with Gasteiger partial charge in [0.1, 0.15) is 0 Å². The van der Waals surface area contributed by atoms with Crippen LogP contribution in [-0.2, 0) is 0 Å². The summed E-state index contributed by atoms with van der Waals surface area (Å²) in [6, 6.07) is 0.602. The van der Waals surface area contributed by atoms with Crippen LogP contribution in [0.3, 0.4) is 0 Å². The number of nitrogens with one attached hydrogen (secondary N) is 1. The van der Waals surface area contributed by atoms with Gasteiger partial charge < -0.3 is 10.2 Å². The van der Waals surface area contributed by atoms with Gasteiger partial charge in [0.05, 0.1) is 0 Å². The van der Waals surface area contributed by atoms with Crippen molar-refractivity contribution in [2.45, 2.75) is 46.6 Å². The Morgan fingerprint density at radius 1 is 1.21 bits per heavy atom. The highest BCUT2D eigenvalue weighted by atomic mass is 15.2. The van der Waals surface area contributed by atoms with Crippen LogP contribution < -0.4 is 5.32 Å². The van der Waals surface area contributed by atoms with Crippen LogP contribution in [0.15, 0.2) is 0 Å². The van der Waals surface area contributed by atoms with E-state index in [9.17, 15) is 0 Å². The Bertz CT molecular complexity index is 154. The molecule has 0 aromatic carbocycles. The molecule has 0 saturated carbocycles. The van der Waals surface area contributed by atoms with Gasteiger partial charge in [0.15, 0.2) is 0 Å². The summed E-state index contributed by atoms with van der Waals surface area (Å²) in [7, 11) is 0. The van der Waals surface area contributed by atoms with E-state index in [4.69, 9.17) is 0 Å². The van der Waals surface area contributed by atoms with Gasteiger partial charge in [0.2, 0.25) is 0 Å². The maximum Gasteiger partial charge on any atom is 0.0107 e. The van der Waals surface area contributed by atoms with Gasteiger partial charge in [0.25, 0.3) is 0 Å². The molecule has 1 aliphatic rings. The van der Waals surface area contributed by atoms with Gasteiger partial charge in [0, 0.05) is 19.1 Å². The van der Waals surface area contributed by atoms with Crippen LogP contribution in [0.4, 0.5) is 0 Å². The van der Waals surface area contributed by atoms with E-state index in [1.165, 1.54) is 32.5 Å². The van der Waals surface area contributed by atoms with Crippen LogP contribution in [0, 0.1) is 5.41 Å². The molecule has 0 amide bonds. The third-order valence-corrected chi connectivity index (χ3v) is 3.38. The molecule has 0 spiro atoms. The third kappa shape index (κ3) is 3.97. The normalized spacial score (nSPS) is 21.4. The minimum absolute atomic E-state index is 0.380. The minimum Gasteiger partial charge on any atom is -0.312 e. The summed E-state index contributed by atoms with van der Waals surface area (Å²) in [5.41, 5.74) is 0.380. The molecule has 1 fully saturated rings. The van der Waals surface area contributed by atoms with Gasteiger partial charge in [-0.05, 0) is 38.3 Å². The van der Waals surface area contributed by atoms with E-state index in [0.29, 0.717) is 11.5 Å². The molecule has 1 saturated heterocycles. The van der Waals surface area contributed by atoms with Crippen molar-refractivity contribution in [2.75, 3.05) is 26.2 Å². The molecule has 1 unspecified atom stereocenters. The molecular weight excluding hydrogens is 172 g/mol. The van der Waals surface area contributed by atoms with Crippen LogP contribution in [0.25, 0.3) is 0 Å². The lowest BCUT2D eigenvalue weighted by Crippen LogP contribution is -2.41. The summed E-state index contributed by atoms with van der Waals surface area (Å²) >= 11 is 0.